The molecule has 4 aromatic heterocycles. The zero-order valence-corrected chi connectivity index (χ0v) is 58.9. The SMILES string of the molecule is C.C.C.CCC(=O)CCCCC[C@H](N)c1ncc(Br)o1.CCC(=O)CCCCC[C@H](NC(=O)C1CC12CCOCC2)c1ncc(-c2cc3ccc(C)nc3cc2OC)o1.CCC(=O)CCCCC[C@H](NC(=O)C1CC12CCOCC2)c1ncc(Br)o1.O=C(O)C1CC12CCOCC2. The van der Waals surface area contributed by atoms with Crippen molar-refractivity contribution in [3.8, 4) is 17.1 Å². The molecule has 21 nitrogen and oxygen atoms in total. The summed E-state index contributed by atoms with van der Waals surface area (Å²) in [5, 5.41) is 16.1. The summed E-state index contributed by atoms with van der Waals surface area (Å²) in [6.45, 7) is 12.2. The number of aliphatic carboxylic acids is 1. The number of aryl methyl sites for hydroxylation is 1. The number of hydrogen-bond donors (Lipinski definition) is 4. The van der Waals surface area contributed by atoms with Gasteiger partial charge in [0.15, 0.2) is 15.1 Å². The first-order valence-electron chi connectivity index (χ1n) is 34.4. The van der Waals surface area contributed by atoms with Crippen molar-refractivity contribution in [1.82, 2.24) is 30.6 Å². The maximum Gasteiger partial charge on any atom is 0.307 e. The summed E-state index contributed by atoms with van der Waals surface area (Å²) in [7, 11) is 1.63. The number of hydrogen-bond acceptors (Lipinski definition) is 18. The number of halogens is 2. The highest BCUT2D eigenvalue weighted by molar-refractivity contribution is 9.10. The van der Waals surface area contributed by atoms with Crippen molar-refractivity contribution in [2.24, 2.45) is 39.7 Å². The first-order chi connectivity index (χ1) is 45.3. The van der Waals surface area contributed by atoms with Crippen molar-refractivity contribution in [3.63, 3.8) is 0 Å². The van der Waals surface area contributed by atoms with E-state index in [1.54, 1.807) is 25.7 Å². The van der Waals surface area contributed by atoms with Gasteiger partial charge >= 0.3 is 5.97 Å². The van der Waals surface area contributed by atoms with Gasteiger partial charge in [0.1, 0.15) is 35.2 Å². The van der Waals surface area contributed by atoms with E-state index < -0.39 is 5.97 Å². The van der Waals surface area contributed by atoms with Crippen LogP contribution in [0.3, 0.4) is 0 Å². The lowest BCUT2D eigenvalue weighted by Crippen LogP contribution is -2.33. The second kappa shape index (κ2) is 39.9. The Hall–Kier alpha value is -5.72. The van der Waals surface area contributed by atoms with E-state index in [0.29, 0.717) is 101 Å². The van der Waals surface area contributed by atoms with Crippen molar-refractivity contribution in [3.05, 3.63) is 75.6 Å². The number of unbranched alkanes of at least 4 members (excludes halogenated alkanes) is 6. The third-order valence-electron chi connectivity index (χ3n) is 20.0. The van der Waals surface area contributed by atoms with E-state index in [4.69, 9.17) is 43.0 Å². The standard InChI is InChI=1S/C31H39N3O5.C20H29BrN2O4.C12H19BrN2O2.C8H12O3.3CH4/c1-4-22(35)8-6-5-7-9-25(34-29(36)24-18-31(24)12-14-38-15-13-31)30-32-19-28(39-30)23-16-21-11-10-20(2)33-26(21)17-27(23)37-3;1-2-14(24)6-4-3-5-7-16(19-22-13-17(21)27-19)23-18(25)15-12-20(15)8-10-26-11-9-20;1-2-9(16)6-4-3-5-7-10(14)12-15-8-11(13)17-12;9-7(10)6-5-8(6)1-3-11-4-2-8;;;/h10-11,16-17,19,24-25H,4-9,12-15,18H2,1-3H3,(H,34,36);13,15-16H,2-12H2,1H3,(H,23,25);8,10H,2-7,14H2,1H3;6H,1-5H2,(H,9,10);3*1H4/t24?,25-;15?,16-;10-;;;;/m000..../s1. The number of amides is 2. The number of nitrogens with one attached hydrogen (secondary N) is 2. The van der Waals surface area contributed by atoms with Gasteiger partial charge in [0.2, 0.25) is 29.5 Å². The molecule has 5 aromatic rings. The van der Waals surface area contributed by atoms with Crippen LogP contribution in [-0.2, 0) is 43.0 Å². The molecule has 5 N–H and O–H groups in total. The molecule has 6 aliphatic rings. The minimum Gasteiger partial charge on any atom is -0.496 e. The van der Waals surface area contributed by atoms with Gasteiger partial charge in [-0.1, -0.05) is 87.6 Å². The molecule has 0 radical (unpaired) electrons. The van der Waals surface area contributed by atoms with Crippen LogP contribution in [0.25, 0.3) is 22.2 Å². The number of nitrogens with two attached hydrogens (primary N) is 1. The molecule has 3 unspecified atom stereocenters. The van der Waals surface area contributed by atoms with Crippen molar-refractivity contribution in [2.75, 3.05) is 46.8 Å². The summed E-state index contributed by atoms with van der Waals surface area (Å²) in [6, 6.07) is 7.23. The topological polar surface area (TPSA) is 301 Å². The van der Waals surface area contributed by atoms with Crippen LogP contribution in [0.15, 0.2) is 65.4 Å². The average molecular weight is 1480 g/mol. The van der Waals surface area contributed by atoms with Gasteiger partial charge in [-0.05, 0) is 163 Å². The number of benzene rings is 1. The molecule has 540 valence electrons. The Balaban J connectivity index is 0.000000254. The van der Waals surface area contributed by atoms with Crippen LogP contribution < -0.4 is 21.1 Å². The predicted octanol–water partition coefficient (Wildman–Crippen LogP) is 16.6. The number of pyridine rings is 1. The molecule has 3 aliphatic heterocycles. The molecular formula is C74H111Br2N7O14. The van der Waals surface area contributed by atoms with Crippen LogP contribution >= 0.6 is 31.9 Å². The number of fused-ring (bicyclic) bond motifs is 1. The fraction of sp³-hybridized carbons (Fsp3) is 0.676. The van der Waals surface area contributed by atoms with Gasteiger partial charge in [0.05, 0.1) is 48.7 Å². The van der Waals surface area contributed by atoms with E-state index >= 15 is 0 Å². The molecular weight excluding hydrogens is 1370 g/mol. The quantitative estimate of drug-likeness (QED) is 0.0300. The molecule has 6 atom stereocenters. The molecule has 3 saturated heterocycles. The van der Waals surface area contributed by atoms with Crippen molar-refractivity contribution >= 4 is 77.9 Å². The van der Waals surface area contributed by atoms with Crippen molar-refractivity contribution in [1.29, 1.82) is 0 Å². The highest BCUT2D eigenvalue weighted by atomic mass is 79.9. The van der Waals surface area contributed by atoms with Gasteiger partial charge in [-0.15, -0.1) is 0 Å². The fourth-order valence-corrected chi connectivity index (χ4v) is 14.0. The average Bonchev–Trinajstić information content (AvgIpc) is 1.61. The number of nitrogens with zero attached hydrogens (tertiary/aromatic N) is 4. The lowest BCUT2D eigenvalue weighted by Gasteiger charge is -2.23. The van der Waals surface area contributed by atoms with Gasteiger partial charge in [-0.3, -0.25) is 33.8 Å². The normalized spacial score (nSPS) is 19.6. The number of rotatable bonds is 31. The van der Waals surface area contributed by atoms with Gasteiger partial charge in [0, 0.05) is 107 Å². The van der Waals surface area contributed by atoms with Gasteiger partial charge in [0.25, 0.3) is 0 Å². The van der Waals surface area contributed by atoms with Crippen LogP contribution in [-0.4, -0.2) is 107 Å². The molecule has 3 saturated carbocycles. The summed E-state index contributed by atoms with van der Waals surface area (Å²) < 4.78 is 40.2. The minimum atomic E-state index is -0.619. The number of ketones is 3. The number of oxazole rings is 3. The molecule has 6 fully saturated rings. The first-order valence-corrected chi connectivity index (χ1v) is 35.9. The predicted molar refractivity (Wildman–Crippen MR) is 380 cm³/mol. The van der Waals surface area contributed by atoms with E-state index in [1.807, 2.05) is 52.0 Å². The van der Waals surface area contributed by atoms with Crippen LogP contribution in [0.4, 0.5) is 0 Å². The highest BCUT2D eigenvalue weighted by Gasteiger charge is 2.60. The highest BCUT2D eigenvalue weighted by Crippen LogP contribution is 2.61. The minimum absolute atomic E-state index is 0. The molecule has 7 heterocycles. The zero-order valence-electron chi connectivity index (χ0n) is 55.7. The summed E-state index contributed by atoms with van der Waals surface area (Å²) in [5.74, 6) is 3.41. The van der Waals surface area contributed by atoms with Crippen molar-refractivity contribution < 1.29 is 66.1 Å². The Bertz CT molecular complexity index is 3270. The monoisotopic (exact) mass is 1480 g/mol. The summed E-state index contributed by atoms with van der Waals surface area (Å²) in [5.41, 5.74) is 8.92. The van der Waals surface area contributed by atoms with E-state index in [9.17, 15) is 28.8 Å². The number of carboxylic acid groups (broad SMARTS) is 1. The molecule has 1 aromatic carbocycles. The van der Waals surface area contributed by atoms with Crippen LogP contribution in [0.2, 0.25) is 0 Å². The third-order valence-corrected chi connectivity index (χ3v) is 20.7. The summed E-state index contributed by atoms with van der Waals surface area (Å²) >= 11 is 6.48. The number of carbonyl (C=O) groups is 6. The van der Waals surface area contributed by atoms with Crippen LogP contribution in [0.1, 0.15) is 258 Å². The maximum absolute atomic E-state index is 13.3. The van der Waals surface area contributed by atoms with Gasteiger partial charge in [-0.25, -0.2) is 15.0 Å². The molecule has 11 rings (SSSR count). The molecule has 23 heteroatoms. The second-order valence-corrected chi connectivity index (χ2v) is 28.1. The number of ether oxygens (including phenoxy) is 4. The Morgan fingerprint density at radius 1 is 0.577 bits per heavy atom. The largest absolute Gasteiger partial charge is 0.496 e. The lowest BCUT2D eigenvalue weighted by atomic mass is 9.93. The smallest absolute Gasteiger partial charge is 0.307 e. The number of methoxy groups -OCH3 is 1. The molecule has 97 heavy (non-hydrogen) atoms. The molecule has 2 amide bonds. The fourth-order valence-electron chi connectivity index (χ4n) is 13.5. The second-order valence-electron chi connectivity index (χ2n) is 26.5. The maximum atomic E-state index is 13.3. The van der Waals surface area contributed by atoms with E-state index in [1.165, 1.54) is 0 Å². The number of Topliss-reactive ketones (excluding diaryl/α,β-unsaturated/α-hetero) is 3. The molecule has 3 aliphatic carbocycles. The molecule has 0 bridgehead atoms. The van der Waals surface area contributed by atoms with E-state index in [0.717, 1.165) is 190 Å². The third kappa shape index (κ3) is 24.0. The Morgan fingerprint density at radius 3 is 1.40 bits per heavy atom. The Kier molecular flexibility index (Phi) is 33.7. The Labute approximate surface area is 591 Å². The Morgan fingerprint density at radius 2 is 0.990 bits per heavy atom. The number of aromatic nitrogens is 4. The number of carboxylic acids is 1. The first kappa shape index (κ1) is 82.0. The van der Waals surface area contributed by atoms with Crippen molar-refractivity contribution in [2.45, 2.75) is 241 Å². The summed E-state index contributed by atoms with van der Waals surface area (Å²) in [6.07, 6.45) is 27.9. The summed E-state index contributed by atoms with van der Waals surface area (Å²) in [4.78, 5) is 88.5. The van der Waals surface area contributed by atoms with Gasteiger partial charge in [-0.2, -0.15) is 0 Å². The van der Waals surface area contributed by atoms with Gasteiger partial charge < -0.3 is 53.7 Å². The zero-order chi connectivity index (χ0) is 67.3. The molecule has 3 spiro atoms. The number of carbonyl (C=O) groups excluding carboxylic acids is 5. The van der Waals surface area contributed by atoms with E-state index in [2.05, 4.69) is 62.4 Å². The van der Waals surface area contributed by atoms with E-state index in [-0.39, 0.29) is 86.2 Å². The lowest BCUT2D eigenvalue weighted by molar-refractivity contribution is -0.140. The van der Waals surface area contributed by atoms with Crippen LogP contribution in [0.5, 0.6) is 5.75 Å². The van der Waals surface area contributed by atoms with Crippen LogP contribution in [0, 0.1) is 40.9 Å².